The molecule has 26 heavy (non-hydrogen) atoms. The highest BCUT2D eigenvalue weighted by molar-refractivity contribution is 7.89. The van der Waals surface area contributed by atoms with Crippen molar-refractivity contribution < 1.29 is 22.7 Å². The van der Waals surface area contributed by atoms with Crippen molar-refractivity contribution in [2.24, 2.45) is 0 Å². The summed E-state index contributed by atoms with van der Waals surface area (Å²) >= 11 is 0. The molecule has 2 heterocycles. The van der Waals surface area contributed by atoms with Crippen LogP contribution in [0.15, 0.2) is 23.1 Å². The normalized spacial score (nSPS) is 18.2. The van der Waals surface area contributed by atoms with E-state index in [1.165, 1.54) is 12.1 Å². The minimum atomic E-state index is -3.71. The average molecular weight is 383 g/mol. The molecule has 1 saturated heterocycles. The van der Waals surface area contributed by atoms with Crippen molar-refractivity contribution in [2.75, 3.05) is 32.8 Å². The zero-order valence-corrected chi connectivity index (χ0v) is 15.4. The summed E-state index contributed by atoms with van der Waals surface area (Å²) in [5, 5.41) is 6.18. The van der Waals surface area contributed by atoms with E-state index < -0.39 is 10.0 Å². The van der Waals surface area contributed by atoms with Crippen LogP contribution in [0.4, 0.5) is 0 Å². The Morgan fingerprint density at radius 1 is 1.15 bits per heavy atom. The number of fused-ring (bicyclic) bond motifs is 1. The minimum Gasteiger partial charge on any atom is -0.490 e. The molecule has 3 rings (SSSR count). The minimum absolute atomic E-state index is 0.0492. The first-order valence-electron chi connectivity index (χ1n) is 8.94. The van der Waals surface area contributed by atoms with Crippen LogP contribution in [-0.4, -0.2) is 53.2 Å². The number of ether oxygens (including phenoxy) is 2. The molecule has 2 aliphatic rings. The van der Waals surface area contributed by atoms with Crippen LogP contribution < -0.4 is 24.8 Å². The monoisotopic (exact) mass is 383 g/mol. The highest BCUT2D eigenvalue weighted by Crippen LogP contribution is 2.31. The van der Waals surface area contributed by atoms with E-state index in [-0.39, 0.29) is 29.8 Å². The summed E-state index contributed by atoms with van der Waals surface area (Å²) in [5.41, 5.74) is 0. The number of sulfonamides is 1. The summed E-state index contributed by atoms with van der Waals surface area (Å²) in [7, 11) is -3.71. The standard InChI is InChI=1S/C17H25N3O5S/c21-17(20-13-4-7-18-8-5-13)6-9-19-26(22,23)14-2-3-15-16(12-14)25-11-1-10-24-15/h2-3,12-13,18-19H,1,4-11H2,(H,20,21). The van der Waals surface area contributed by atoms with Gasteiger partial charge in [0, 0.05) is 31.5 Å². The Bertz CT molecular complexity index is 732. The molecule has 0 spiro atoms. The zero-order chi connectivity index (χ0) is 18.4. The van der Waals surface area contributed by atoms with Crippen LogP contribution in [-0.2, 0) is 14.8 Å². The number of benzene rings is 1. The highest BCUT2D eigenvalue weighted by Gasteiger charge is 2.20. The maximum absolute atomic E-state index is 12.4. The highest BCUT2D eigenvalue weighted by atomic mass is 32.2. The number of hydrogen-bond acceptors (Lipinski definition) is 6. The van der Waals surface area contributed by atoms with Crippen molar-refractivity contribution in [2.45, 2.75) is 36.6 Å². The van der Waals surface area contributed by atoms with Crippen LogP contribution >= 0.6 is 0 Å². The predicted molar refractivity (Wildman–Crippen MR) is 95.9 cm³/mol. The van der Waals surface area contributed by atoms with Crippen LogP contribution in [0, 0.1) is 0 Å². The third-order valence-electron chi connectivity index (χ3n) is 4.38. The summed E-state index contributed by atoms with van der Waals surface area (Å²) in [4.78, 5) is 12.1. The molecule has 0 aliphatic carbocycles. The molecule has 0 unspecified atom stereocenters. The van der Waals surface area contributed by atoms with Crippen molar-refractivity contribution in [1.82, 2.24) is 15.4 Å². The third-order valence-corrected chi connectivity index (χ3v) is 5.84. The smallest absolute Gasteiger partial charge is 0.240 e. The van der Waals surface area contributed by atoms with E-state index in [1.54, 1.807) is 6.07 Å². The molecular weight excluding hydrogens is 358 g/mol. The van der Waals surface area contributed by atoms with Gasteiger partial charge in [0.25, 0.3) is 0 Å². The molecule has 9 heteroatoms. The van der Waals surface area contributed by atoms with Crippen LogP contribution in [0.3, 0.4) is 0 Å². The molecule has 144 valence electrons. The van der Waals surface area contributed by atoms with E-state index in [2.05, 4.69) is 15.4 Å². The Labute approximate surface area is 153 Å². The van der Waals surface area contributed by atoms with Gasteiger partial charge in [-0.1, -0.05) is 0 Å². The first-order valence-corrected chi connectivity index (χ1v) is 10.4. The van der Waals surface area contributed by atoms with Crippen LogP contribution in [0.5, 0.6) is 11.5 Å². The lowest BCUT2D eigenvalue weighted by molar-refractivity contribution is -0.121. The molecule has 1 aromatic carbocycles. The van der Waals surface area contributed by atoms with Gasteiger partial charge in [-0.25, -0.2) is 13.1 Å². The summed E-state index contributed by atoms with van der Waals surface area (Å²) in [5.74, 6) is 0.829. The van der Waals surface area contributed by atoms with E-state index >= 15 is 0 Å². The van der Waals surface area contributed by atoms with Crippen molar-refractivity contribution in [1.29, 1.82) is 0 Å². The second kappa shape index (κ2) is 8.70. The van der Waals surface area contributed by atoms with Crippen LogP contribution in [0.2, 0.25) is 0 Å². The van der Waals surface area contributed by atoms with E-state index in [9.17, 15) is 13.2 Å². The van der Waals surface area contributed by atoms with Crippen LogP contribution in [0.1, 0.15) is 25.7 Å². The van der Waals surface area contributed by atoms with Crippen molar-refractivity contribution in [3.8, 4) is 11.5 Å². The van der Waals surface area contributed by atoms with Gasteiger partial charge in [-0.15, -0.1) is 0 Å². The molecule has 1 fully saturated rings. The van der Waals surface area contributed by atoms with Gasteiger partial charge < -0.3 is 20.1 Å². The largest absolute Gasteiger partial charge is 0.490 e. The van der Waals surface area contributed by atoms with Gasteiger partial charge in [0.2, 0.25) is 15.9 Å². The summed E-state index contributed by atoms with van der Waals surface area (Å²) in [6, 6.07) is 4.70. The molecule has 2 aliphatic heterocycles. The predicted octanol–water partition coefficient (Wildman–Crippen LogP) is 0.385. The number of piperidine rings is 1. The Morgan fingerprint density at radius 2 is 1.88 bits per heavy atom. The number of carbonyl (C=O) groups excluding carboxylic acids is 1. The lowest BCUT2D eigenvalue weighted by Crippen LogP contribution is -2.43. The quantitative estimate of drug-likeness (QED) is 0.656. The van der Waals surface area contributed by atoms with Gasteiger partial charge in [0.15, 0.2) is 11.5 Å². The summed E-state index contributed by atoms with van der Waals surface area (Å²) < 4.78 is 38.4. The number of carbonyl (C=O) groups is 1. The Hall–Kier alpha value is -1.84. The van der Waals surface area contributed by atoms with Crippen LogP contribution in [0.25, 0.3) is 0 Å². The number of amides is 1. The molecule has 8 nitrogen and oxygen atoms in total. The molecule has 1 aromatic rings. The Balaban J connectivity index is 1.52. The molecular formula is C17H25N3O5S. The second-order valence-corrected chi connectivity index (χ2v) is 8.17. The molecule has 0 atom stereocenters. The topological polar surface area (TPSA) is 106 Å². The molecule has 0 aromatic heterocycles. The fourth-order valence-electron chi connectivity index (χ4n) is 2.96. The van der Waals surface area contributed by atoms with Gasteiger partial charge in [0.1, 0.15) is 0 Å². The van der Waals surface area contributed by atoms with Gasteiger partial charge in [-0.2, -0.15) is 0 Å². The summed E-state index contributed by atoms with van der Waals surface area (Å²) in [6.45, 7) is 2.86. The third kappa shape index (κ3) is 5.09. The number of rotatable bonds is 6. The first-order chi connectivity index (χ1) is 12.5. The van der Waals surface area contributed by atoms with Gasteiger partial charge >= 0.3 is 0 Å². The average Bonchev–Trinajstić information content (AvgIpc) is 2.87. The van der Waals surface area contributed by atoms with Crippen molar-refractivity contribution in [3.05, 3.63) is 18.2 Å². The molecule has 3 N–H and O–H groups in total. The molecule has 1 amide bonds. The maximum atomic E-state index is 12.4. The number of hydrogen-bond donors (Lipinski definition) is 3. The lowest BCUT2D eigenvalue weighted by atomic mass is 10.1. The Kier molecular flexibility index (Phi) is 6.33. The molecule has 0 saturated carbocycles. The van der Waals surface area contributed by atoms with Crippen molar-refractivity contribution in [3.63, 3.8) is 0 Å². The van der Waals surface area contributed by atoms with Gasteiger partial charge in [-0.3, -0.25) is 4.79 Å². The number of nitrogens with one attached hydrogen (secondary N) is 3. The fraction of sp³-hybridized carbons (Fsp3) is 0.588. The van der Waals surface area contributed by atoms with E-state index in [4.69, 9.17) is 9.47 Å². The lowest BCUT2D eigenvalue weighted by Gasteiger charge is -2.23. The zero-order valence-electron chi connectivity index (χ0n) is 14.6. The van der Waals surface area contributed by atoms with E-state index in [1.807, 2.05) is 0 Å². The second-order valence-electron chi connectivity index (χ2n) is 6.40. The van der Waals surface area contributed by atoms with Gasteiger partial charge in [0.05, 0.1) is 18.1 Å². The fourth-order valence-corrected chi connectivity index (χ4v) is 4.01. The molecule has 0 radical (unpaired) electrons. The first kappa shape index (κ1) is 18.9. The van der Waals surface area contributed by atoms with Crippen molar-refractivity contribution >= 4 is 15.9 Å². The van der Waals surface area contributed by atoms with E-state index in [0.29, 0.717) is 24.7 Å². The Morgan fingerprint density at radius 3 is 2.65 bits per heavy atom. The summed E-state index contributed by atoms with van der Waals surface area (Å²) in [6.07, 6.45) is 2.65. The van der Waals surface area contributed by atoms with E-state index in [0.717, 1.165) is 32.4 Å². The molecule has 0 bridgehead atoms. The SMILES string of the molecule is O=C(CCNS(=O)(=O)c1ccc2c(c1)OCCCO2)NC1CCNCC1. The maximum Gasteiger partial charge on any atom is 0.240 e. The van der Waals surface area contributed by atoms with Gasteiger partial charge in [-0.05, 0) is 38.1 Å².